The smallest absolute Gasteiger partial charge is 0.246 e. The van der Waals surface area contributed by atoms with Crippen LogP contribution in [-0.4, -0.2) is 53.6 Å². The molecule has 1 aliphatic heterocycles. The molecular weight excluding hydrogens is 374 g/mol. The summed E-state index contributed by atoms with van der Waals surface area (Å²) in [6.45, 7) is 9.06. The number of piperazine rings is 1. The largest absolute Gasteiger partial charge is 0.296 e. The van der Waals surface area contributed by atoms with Crippen molar-refractivity contribution in [2.24, 2.45) is 0 Å². The zero-order chi connectivity index (χ0) is 19.8. The van der Waals surface area contributed by atoms with Gasteiger partial charge in [0, 0.05) is 50.5 Å². The Morgan fingerprint density at radius 1 is 1.11 bits per heavy atom. The van der Waals surface area contributed by atoms with E-state index in [0.29, 0.717) is 19.6 Å². The van der Waals surface area contributed by atoms with Crippen molar-refractivity contribution < 1.29 is 17.2 Å². The van der Waals surface area contributed by atoms with E-state index in [0.717, 1.165) is 41.7 Å². The van der Waals surface area contributed by atoms with Crippen molar-refractivity contribution in [3.05, 3.63) is 46.8 Å². The van der Waals surface area contributed by atoms with Crippen LogP contribution in [0.25, 0.3) is 0 Å². The zero-order valence-corrected chi connectivity index (χ0v) is 16.6. The lowest BCUT2D eigenvalue weighted by Crippen LogP contribution is -2.48. The highest BCUT2D eigenvalue weighted by Gasteiger charge is 2.31. The Balaban J connectivity index is 1.70. The summed E-state index contributed by atoms with van der Waals surface area (Å²) in [5.74, 6) is -1.70. The van der Waals surface area contributed by atoms with Crippen molar-refractivity contribution >= 4 is 10.0 Å². The average Bonchev–Trinajstić information content (AvgIpc) is 2.91. The van der Waals surface area contributed by atoms with E-state index in [9.17, 15) is 17.2 Å². The van der Waals surface area contributed by atoms with Gasteiger partial charge in [-0.05, 0) is 39.0 Å². The third-order valence-corrected chi connectivity index (χ3v) is 6.97. The number of benzene rings is 1. The third-order valence-electron chi connectivity index (χ3n) is 5.05. The second kappa shape index (κ2) is 7.65. The number of nitrogens with zero attached hydrogens (tertiary/aromatic N) is 4. The summed E-state index contributed by atoms with van der Waals surface area (Å²) in [4.78, 5) is 1.55. The Bertz CT molecular complexity index is 935. The Hall–Kier alpha value is -1.84. The number of aryl methyl sites for hydroxylation is 2. The normalized spacial score (nSPS) is 16.8. The molecule has 2 heterocycles. The van der Waals surface area contributed by atoms with Crippen molar-refractivity contribution in [3.8, 4) is 0 Å². The van der Waals surface area contributed by atoms with Gasteiger partial charge in [0.25, 0.3) is 0 Å². The number of hydrogen-bond donors (Lipinski definition) is 0. The molecule has 6 nitrogen and oxygen atoms in total. The molecule has 27 heavy (non-hydrogen) atoms. The molecule has 0 atom stereocenters. The van der Waals surface area contributed by atoms with Gasteiger partial charge >= 0.3 is 0 Å². The predicted octanol–water partition coefficient (Wildman–Crippen LogP) is 2.30. The first-order valence-electron chi connectivity index (χ1n) is 8.94. The second-order valence-corrected chi connectivity index (χ2v) is 8.63. The monoisotopic (exact) mass is 398 g/mol. The molecule has 0 N–H and O–H groups in total. The van der Waals surface area contributed by atoms with Crippen molar-refractivity contribution in [2.75, 3.05) is 26.2 Å². The summed E-state index contributed by atoms with van der Waals surface area (Å²) in [6.07, 6.45) is 0. The molecule has 0 spiro atoms. The van der Waals surface area contributed by atoms with E-state index in [2.05, 4.69) is 10.00 Å². The molecule has 1 fully saturated rings. The molecule has 1 aliphatic rings. The van der Waals surface area contributed by atoms with E-state index >= 15 is 0 Å². The predicted molar refractivity (Wildman–Crippen MR) is 97.8 cm³/mol. The molecule has 148 valence electrons. The van der Waals surface area contributed by atoms with E-state index in [4.69, 9.17) is 0 Å². The fourth-order valence-electron chi connectivity index (χ4n) is 3.44. The molecule has 0 unspecified atom stereocenters. The molecular formula is C18H24F2N4O2S. The van der Waals surface area contributed by atoms with Crippen LogP contribution in [0.3, 0.4) is 0 Å². The van der Waals surface area contributed by atoms with Gasteiger partial charge in [-0.25, -0.2) is 17.2 Å². The molecule has 0 aliphatic carbocycles. The van der Waals surface area contributed by atoms with Crippen LogP contribution >= 0.6 is 0 Å². The molecule has 0 radical (unpaired) electrons. The third kappa shape index (κ3) is 3.90. The molecule has 0 bridgehead atoms. The number of rotatable bonds is 5. The fourth-order valence-corrected chi connectivity index (χ4v) is 4.93. The highest BCUT2D eigenvalue weighted by atomic mass is 32.2. The van der Waals surface area contributed by atoms with Crippen molar-refractivity contribution in [3.63, 3.8) is 0 Å². The van der Waals surface area contributed by atoms with Gasteiger partial charge < -0.3 is 0 Å². The average molecular weight is 398 g/mol. The SMILES string of the molecule is CCn1nc(C)c(CN2CCN(S(=O)(=O)c3cc(F)ccc3F)CC2)c1C. The fraction of sp³-hybridized carbons (Fsp3) is 0.500. The molecule has 1 aromatic carbocycles. The van der Waals surface area contributed by atoms with Crippen LogP contribution < -0.4 is 0 Å². The second-order valence-electron chi connectivity index (χ2n) is 6.72. The maximum absolute atomic E-state index is 13.9. The van der Waals surface area contributed by atoms with E-state index in [1.807, 2.05) is 25.5 Å². The summed E-state index contributed by atoms with van der Waals surface area (Å²) in [5.41, 5.74) is 3.25. The standard InChI is InChI=1S/C18H24F2N4O2S/c1-4-24-14(3)16(13(2)21-24)12-22-7-9-23(10-8-22)27(25,26)18-11-15(19)5-6-17(18)20/h5-6,11H,4,7-10,12H2,1-3H3. The minimum Gasteiger partial charge on any atom is -0.296 e. The minimum absolute atomic E-state index is 0.234. The van der Waals surface area contributed by atoms with E-state index in [1.54, 1.807) is 0 Å². The van der Waals surface area contributed by atoms with Crippen LogP contribution in [-0.2, 0) is 23.1 Å². The number of halogens is 2. The lowest BCUT2D eigenvalue weighted by Gasteiger charge is -2.34. The Morgan fingerprint density at radius 2 is 1.78 bits per heavy atom. The summed E-state index contributed by atoms with van der Waals surface area (Å²) in [6, 6.07) is 2.49. The first kappa shape index (κ1) is 19.9. The van der Waals surface area contributed by atoms with E-state index < -0.39 is 26.6 Å². The van der Waals surface area contributed by atoms with E-state index in [-0.39, 0.29) is 13.1 Å². The van der Waals surface area contributed by atoms with Crippen LogP contribution in [0.1, 0.15) is 23.9 Å². The molecule has 0 saturated carbocycles. The molecule has 1 saturated heterocycles. The molecule has 3 rings (SSSR count). The van der Waals surface area contributed by atoms with Gasteiger partial charge in [-0.2, -0.15) is 9.40 Å². The van der Waals surface area contributed by atoms with Crippen LogP contribution in [0.4, 0.5) is 8.78 Å². The summed E-state index contributed by atoms with van der Waals surface area (Å²) in [7, 11) is -4.05. The van der Waals surface area contributed by atoms with E-state index in [1.165, 1.54) is 4.31 Å². The van der Waals surface area contributed by atoms with Gasteiger partial charge in [0.2, 0.25) is 10.0 Å². The van der Waals surface area contributed by atoms with Gasteiger partial charge in [-0.15, -0.1) is 0 Å². The molecule has 1 aromatic heterocycles. The minimum atomic E-state index is -4.05. The molecule has 2 aromatic rings. The number of aromatic nitrogens is 2. The lowest BCUT2D eigenvalue weighted by atomic mass is 10.1. The van der Waals surface area contributed by atoms with Crippen LogP contribution in [0.15, 0.2) is 23.1 Å². The van der Waals surface area contributed by atoms with Crippen LogP contribution in [0.5, 0.6) is 0 Å². The summed E-state index contributed by atoms with van der Waals surface area (Å²) >= 11 is 0. The zero-order valence-electron chi connectivity index (χ0n) is 15.7. The quantitative estimate of drug-likeness (QED) is 0.776. The Kier molecular flexibility index (Phi) is 5.64. The van der Waals surface area contributed by atoms with Gasteiger partial charge in [0.15, 0.2) is 0 Å². The van der Waals surface area contributed by atoms with Gasteiger partial charge in [-0.3, -0.25) is 9.58 Å². The van der Waals surface area contributed by atoms with Crippen LogP contribution in [0.2, 0.25) is 0 Å². The van der Waals surface area contributed by atoms with Crippen molar-refractivity contribution in [1.29, 1.82) is 0 Å². The first-order chi connectivity index (χ1) is 12.7. The molecule has 9 heteroatoms. The van der Waals surface area contributed by atoms with Crippen LogP contribution in [0, 0.1) is 25.5 Å². The highest BCUT2D eigenvalue weighted by Crippen LogP contribution is 2.23. The maximum Gasteiger partial charge on any atom is 0.246 e. The number of hydrogen-bond acceptors (Lipinski definition) is 4. The topological polar surface area (TPSA) is 58.4 Å². The molecule has 0 amide bonds. The van der Waals surface area contributed by atoms with Gasteiger partial charge in [-0.1, -0.05) is 0 Å². The highest BCUT2D eigenvalue weighted by molar-refractivity contribution is 7.89. The van der Waals surface area contributed by atoms with Gasteiger partial charge in [0.05, 0.1) is 5.69 Å². The summed E-state index contributed by atoms with van der Waals surface area (Å²) < 4.78 is 55.8. The van der Waals surface area contributed by atoms with Crippen molar-refractivity contribution in [2.45, 2.75) is 38.8 Å². The lowest BCUT2D eigenvalue weighted by molar-refractivity contribution is 0.181. The van der Waals surface area contributed by atoms with Gasteiger partial charge in [0.1, 0.15) is 16.5 Å². The Morgan fingerprint density at radius 3 is 2.37 bits per heavy atom. The summed E-state index contributed by atoms with van der Waals surface area (Å²) in [5, 5.41) is 4.51. The Labute approximate surface area is 158 Å². The first-order valence-corrected chi connectivity index (χ1v) is 10.4. The van der Waals surface area contributed by atoms with Crippen molar-refractivity contribution in [1.82, 2.24) is 19.0 Å². The number of sulfonamides is 1. The maximum atomic E-state index is 13.9.